The van der Waals surface area contributed by atoms with Crippen LogP contribution in [-0.4, -0.2) is 43.8 Å². The first-order valence-electron chi connectivity index (χ1n) is 13.0. The number of benzene rings is 3. The van der Waals surface area contributed by atoms with E-state index in [0.29, 0.717) is 27.4 Å². The predicted octanol–water partition coefficient (Wildman–Crippen LogP) is 7.19. The molecule has 0 aliphatic heterocycles. The second kappa shape index (κ2) is 14.2. The van der Waals surface area contributed by atoms with Gasteiger partial charge in [0.25, 0.3) is 10.0 Å². The summed E-state index contributed by atoms with van der Waals surface area (Å²) in [5, 5.41) is 2.67. The molecule has 0 spiro atoms. The molecule has 2 amide bonds. The molecule has 0 fully saturated rings. The standard InChI is InChI=1S/C29H29Cl3F3N3O4S/c1-4-18(2)36-28(40)19(3)37(16-20-10-11-21(30)14-26(20)32)27(39)17-38(43(41,42)23-8-6-5-7-9-23)22-12-13-25(31)24(15-22)29(33,34)35/h5-15,18-19H,4,16-17H2,1-3H3,(H,36,40)/t18-,19-/m1/s1. The van der Waals surface area contributed by atoms with E-state index in [4.69, 9.17) is 34.8 Å². The maximum atomic E-state index is 14.0. The maximum Gasteiger partial charge on any atom is 0.417 e. The number of amides is 2. The molecule has 3 aromatic rings. The average Bonchev–Trinajstić information content (AvgIpc) is 2.95. The molecule has 0 aromatic heterocycles. The Morgan fingerprint density at radius 1 is 0.930 bits per heavy atom. The molecule has 0 radical (unpaired) electrons. The van der Waals surface area contributed by atoms with Crippen LogP contribution in [0.5, 0.6) is 0 Å². The van der Waals surface area contributed by atoms with E-state index in [1.54, 1.807) is 19.1 Å². The summed E-state index contributed by atoms with van der Waals surface area (Å²) in [5.41, 5.74) is -1.32. The third-order valence-electron chi connectivity index (χ3n) is 6.68. The number of sulfonamides is 1. The third-order valence-corrected chi connectivity index (χ3v) is 9.38. The molecule has 1 N–H and O–H groups in total. The van der Waals surface area contributed by atoms with Gasteiger partial charge in [-0.3, -0.25) is 13.9 Å². The SMILES string of the molecule is CC[C@@H](C)NC(=O)[C@@H](C)N(Cc1ccc(Cl)cc1Cl)C(=O)CN(c1ccc(Cl)c(C(F)(F)F)c1)S(=O)(=O)c1ccccc1. The van der Waals surface area contributed by atoms with Gasteiger partial charge in [0.15, 0.2) is 0 Å². The Morgan fingerprint density at radius 3 is 2.16 bits per heavy atom. The van der Waals surface area contributed by atoms with Gasteiger partial charge in [-0.1, -0.05) is 66.0 Å². The van der Waals surface area contributed by atoms with E-state index in [1.165, 1.54) is 43.3 Å². The van der Waals surface area contributed by atoms with Gasteiger partial charge in [-0.25, -0.2) is 8.42 Å². The lowest BCUT2D eigenvalue weighted by Gasteiger charge is -2.32. The first kappa shape index (κ1) is 34.5. The van der Waals surface area contributed by atoms with E-state index >= 15 is 0 Å². The lowest BCUT2D eigenvalue weighted by molar-refractivity contribution is -0.139. The molecule has 3 rings (SSSR count). The van der Waals surface area contributed by atoms with Crippen molar-refractivity contribution in [3.63, 3.8) is 0 Å². The number of halogens is 6. The highest BCUT2D eigenvalue weighted by atomic mass is 35.5. The van der Waals surface area contributed by atoms with Crippen LogP contribution in [0.3, 0.4) is 0 Å². The van der Waals surface area contributed by atoms with Crippen molar-refractivity contribution in [1.82, 2.24) is 10.2 Å². The van der Waals surface area contributed by atoms with Crippen LogP contribution in [0.25, 0.3) is 0 Å². The zero-order valence-corrected chi connectivity index (χ0v) is 26.4. The molecular formula is C29H29Cl3F3N3O4S. The summed E-state index contributed by atoms with van der Waals surface area (Å²) < 4.78 is 69.4. The minimum absolute atomic E-state index is 0.195. The van der Waals surface area contributed by atoms with Crippen LogP contribution >= 0.6 is 34.8 Å². The highest BCUT2D eigenvalue weighted by Crippen LogP contribution is 2.38. The first-order valence-corrected chi connectivity index (χ1v) is 15.6. The molecule has 0 bridgehead atoms. The molecule has 0 aliphatic rings. The largest absolute Gasteiger partial charge is 0.417 e. The third kappa shape index (κ3) is 8.56. The Labute approximate surface area is 263 Å². The van der Waals surface area contributed by atoms with E-state index in [-0.39, 0.29) is 22.5 Å². The molecule has 7 nitrogen and oxygen atoms in total. The van der Waals surface area contributed by atoms with Gasteiger partial charge >= 0.3 is 6.18 Å². The maximum absolute atomic E-state index is 14.0. The quantitative estimate of drug-likeness (QED) is 0.233. The van der Waals surface area contributed by atoms with Crippen LogP contribution in [-0.2, 0) is 32.3 Å². The number of hydrogen-bond donors (Lipinski definition) is 1. The summed E-state index contributed by atoms with van der Waals surface area (Å²) in [7, 11) is -4.58. The number of rotatable bonds is 11. The number of nitrogens with one attached hydrogen (secondary N) is 1. The fourth-order valence-corrected chi connectivity index (χ4v) is 6.14. The number of carbonyl (C=O) groups is 2. The second-order valence-electron chi connectivity index (χ2n) is 9.74. The zero-order chi connectivity index (χ0) is 32.1. The second-order valence-corrected chi connectivity index (χ2v) is 12.9. The van der Waals surface area contributed by atoms with Gasteiger partial charge in [-0.15, -0.1) is 0 Å². The molecule has 3 aromatic carbocycles. The molecule has 14 heteroatoms. The summed E-state index contributed by atoms with van der Waals surface area (Å²) in [4.78, 5) is 27.9. The Balaban J connectivity index is 2.13. The molecule has 0 aliphatic carbocycles. The fourth-order valence-electron chi connectivity index (χ4n) is 4.02. The Kier molecular flexibility index (Phi) is 11.4. The molecule has 43 heavy (non-hydrogen) atoms. The van der Waals surface area contributed by atoms with Gasteiger partial charge in [-0.05, 0) is 68.3 Å². The molecule has 0 saturated carbocycles. The minimum atomic E-state index is -4.90. The summed E-state index contributed by atoms with van der Waals surface area (Å²) >= 11 is 18.2. The molecule has 232 valence electrons. The Hall–Kier alpha value is -2.99. The van der Waals surface area contributed by atoms with Crippen molar-refractivity contribution >= 4 is 62.3 Å². The van der Waals surface area contributed by atoms with Crippen molar-refractivity contribution < 1.29 is 31.2 Å². The smallest absolute Gasteiger partial charge is 0.352 e. The van der Waals surface area contributed by atoms with E-state index in [9.17, 15) is 31.2 Å². The highest BCUT2D eigenvalue weighted by Gasteiger charge is 2.37. The monoisotopic (exact) mass is 677 g/mol. The first-order chi connectivity index (χ1) is 20.1. The van der Waals surface area contributed by atoms with Crippen molar-refractivity contribution in [2.75, 3.05) is 10.8 Å². The van der Waals surface area contributed by atoms with Crippen molar-refractivity contribution in [3.05, 3.63) is 92.9 Å². The number of carbonyl (C=O) groups excluding carboxylic acids is 2. The van der Waals surface area contributed by atoms with Crippen molar-refractivity contribution in [2.24, 2.45) is 0 Å². The number of anilines is 1. The van der Waals surface area contributed by atoms with Crippen LogP contribution in [0.1, 0.15) is 38.3 Å². The predicted molar refractivity (Wildman–Crippen MR) is 162 cm³/mol. The van der Waals surface area contributed by atoms with Gasteiger partial charge in [0.05, 0.1) is 21.2 Å². The van der Waals surface area contributed by atoms with Crippen LogP contribution in [0.4, 0.5) is 18.9 Å². The van der Waals surface area contributed by atoms with E-state index in [0.717, 1.165) is 17.0 Å². The minimum Gasteiger partial charge on any atom is -0.352 e. The number of nitrogens with zero attached hydrogens (tertiary/aromatic N) is 2. The topological polar surface area (TPSA) is 86.8 Å². The van der Waals surface area contributed by atoms with Crippen LogP contribution in [0.2, 0.25) is 15.1 Å². The van der Waals surface area contributed by atoms with E-state index < -0.39 is 56.9 Å². The van der Waals surface area contributed by atoms with Crippen molar-refractivity contribution in [2.45, 2.75) is 56.9 Å². The van der Waals surface area contributed by atoms with Crippen LogP contribution in [0, 0.1) is 0 Å². The van der Waals surface area contributed by atoms with Gasteiger partial charge in [0, 0.05) is 22.6 Å². The molecule has 0 heterocycles. The fraction of sp³-hybridized carbons (Fsp3) is 0.310. The van der Waals surface area contributed by atoms with Gasteiger partial charge in [-0.2, -0.15) is 13.2 Å². The summed E-state index contributed by atoms with van der Waals surface area (Å²) in [6.07, 6.45) is -4.30. The van der Waals surface area contributed by atoms with Gasteiger partial charge < -0.3 is 10.2 Å². The highest BCUT2D eigenvalue weighted by molar-refractivity contribution is 7.92. The summed E-state index contributed by atoms with van der Waals surface area (Å²) in [6.45, 7) is 3.93. The zero-order valence-electron chi connectivity index (χ0n) is 23.3. The summed E-state index contributed by atoms with van der Waals surface area (Å²) in [5.74, 6) is -1.39. The Morgan fingerprint density at radius 2 is 1.58 bits per heavy atom. The normalized spacial score (nSPS) is 13.2. The number of alkyl halides is 3. The lowest BCUT2D eigenvalue weighted by atomic mass is 10.1. The average molecular weight is 679 g/mol. The van der Waals surface area contributed by atoms with Crippen molar-refractivity contribution in [1.29, 1.82) is 0 Å². The molecular weight excluding hydrogens is 650 g/mol. The molecule has 0 unspecified atom stereocenters. The van der Waals surface area contributed by atoms with Crippen LogP contribution in [0.15, 0.2) is 71.6 Å². The van der Waals surface area contributed by atoms with Crippen molar-refractivity contribution in [3.8, 4) is 0 Å². The van der Waals surface area contributed by atoms with E-state index in [1.807, 2.05) is 6.92 Å². The molecule has 0 saturated heterocycles. The van der Waals surface area contributed by atoms with E-state index in [2.05, 4.69) is 5.32 Å². The Bertz CT molecular complexity index is 1570. The molecule has 2 atom stereocenters. The number of hydrogen-bond acceptors (Lipinski definition) is 4. The summed E-state index contributed by atoms with van der Waals surface area (Å²) in [6, 6.07) is 12.7. The lowest BCUT2D eigenvalue weighted by Crippen LogP contribution is -2.52. The van der Waals surface area contributed by atoms with Crippen LogP contribution < -0.4 is 9.62 Å². The van der Waals surface area contributed by atoms with Gasteiger partial charge in [0.1, 0.15) is 12.6 Å². The van der Waals surface area contributed by atoms with Gasteiger partial charge in [0.2, 0.25) is 11.8 Å².